The maximum atomic E-state index is 12.8. The lowest BCUT2D eigenvalue weighted by Gasteiger charge is -2.47. The second-order valence-electron chi connectivity index (χ2n) is 10.3. The van der Waals surface area contributed by atoms with Gasteiger partial charge in [0.05, 0.1) is 19.8 Å². The molecule has 0 bridgehead atoms. The van der Waals surface area contributed by atoms with E-state index in [-0.39, 0.29) is 30.5 Å². The van der Waals surface area contributed by atoms with Gasteiger partial charge in [-0.25, -0.2) is 4.79 Å². The maximum Gasteiger partial charge on any atom is 0.331 e. The van der Waals surface area contributed by atoms with Gasteiger partial charge in [-0.1, -0.05) is 12.1 Å². The molecule has 0 radical (unpaired) electrons. The Hall–Kier alpha value is -3.51. The zero-order valence-electron chi connectivity index (χ0n) is 22.4. The minimum absolute atomic E-state index is 0.0626. The fraction of sp³-hybridized carbons (Fsp3) is 0.464. The highest BCUT2D eigenvalue weighted by atomic mass is 16.8. The largest absolute Gasteiger partial charge is 0.504 e. The minimum atomic E-state index is -1.60. The molecule has 2 aromatic carbocycles. The second-order valence-corrected chi connectivity index (χ2v) is 10.3. The quantitative estimate of drug-likeness (QED) is 0.108. The lowest BCUT2D eigenvalue weighted by atomic mass is 9.97. The summed E-state index contributed by atoms with van der Waals surface area (Å²) in [7, 11) is 0. The van der Waals surface area contributed by atoms with Crippen LogP contribution in [0.1, 0.15) is 17.2 Å². The lowest BCUT2D eigenvalue weighted by Crippen LogP contribution is -2.63. The first-order valence-electron chi connectivity index (χ1n) is 13.3. The molecule has 3 fully saturated rings. The van der Waals surface area contributed by atoms with Crippen LogP contribution in [-0.4, -0.2) is 122 Å². The smallest absolute Gasteiger partial charge is 0.331 e. The fourth-order valence-corrected chi connectivity index (χ4v) is 4.88. The highest BCUT2D eigenvalue weighted by Crippen LogP contribution is 2.37. The molecule has 0 amide bonds. The molecule has 2 aromatic rings. The molecule has 3 aliphatic rings. The van der Waals surface area contributed by atoms with Crippen molar-refractivity contribution in [3.63, 3.8) is 0 Å². The monoisotopic (exact) mass is 608 g/mol. The molecule has 0 aliphatic carbocycles. The predicted octanol–water partition coefficient (Wildman–Crippen LogP) is -0.868. The summed E-state index contributed by atoms with van der Waals surface area (Å²) in [6.07, 6.45) is -10.8. The van der Waals surface area contributed by atoms with E-state index in [1.54, 1.807) is 0 Å². The Balaban J connectivity index is 1.32. The van der Waals surface area contributed by atoms with Crippen molar-refractivity contribution in [3.05, 3.63) is 53.6 Å². The van der Waals surface area contributed by atoms with E-state index in [9.17, 15) is 45.6 Å². The molecule has 43 heavy (non-hydrogen) atoms. The van der Waals surface area contributed by atoms with Crippen LogP contribution >= 0.6 is 0 Å². The van der Waals surface area contributed by atoms with E-state index in [1.165, 1.54) is 42.5 Å². The fourth-order valence-electron chi connectivity index (χ4n) is 4.88. The number of phenolic OH excluding ortho intramolecular Hbond substituents is 4. The standard InChI is InChI=1S/C28H32O15/c29-14-4-1-12(7-16(14)31)2-6-21(34)43-25-20(11-39-27-23(36)22(35)18(33)9-38-27)42-28-26(24(25)37)41-19(10-40-28)13-3-5-15(30)17(32)8-13/h1-8,18-20,22-33,35-37H,9-11H2/b6-2+/t18-,19-,20-,22+,23-,24+,25-,26-,27+,28+/m1/s1. The number of ether oxygens (including phenoxy) is 6. The van der Waals surface area contributed by atoms with Crippen LogP contribution < -0.4 is 0 Å². The lowest BCUT2D eigenvalue weighted by molar-refractivity contribution is -0.358. The number of aliphatic hydroxyl groups excluding tert-OH is 4. The SMILES string of the molecule is O=C(/C=C/c1ccc(O)c(O)c1)O[C@H]1[C@H](O)[C@H]2O[C@@H](c3ccc(O)c(O)c3)CO[C@H]2O[C@@H]1CO[C@@H]1OC[C@@H](O)[C@H](O)[C@H]1O. The van der Waals surface area contributed by atoms with Crippen molar-refractivity contribution >= 4 is 12.0 Å². The van der Waals surface area contributed by atoms with Crippen molar-refractivity contribution < 1.29 is 74.1 Å². The van der Waals surface area contributed by atoms with Gasteiger partial charge >= 0.3 is 5.97 Å². The number of hydrogen-bond acceptors (Lipinski definition) is 15. The van der Waals surface area contributed by atoms with Gasteiger partial charge in [-0.15, -0.1) is 0 Å². The summed E-state index contributed by atoms with van der Waals surface area (Å²) in [6.45, 7) is -0.799. The van der Waals surface area contributed by atoms with Crippen LogP contribution in [0.15, 0.2) is 42.5 Å². The van der Waals surface area contributed by atoms with Crippen LogP contribution in [0.2, 0.25) is 0 Å². The Bertz CT molecular complexity index is 1320. The van der Waals surface area contributed by atoms with Crippen molar-refractivity contribution in [1.29, 1.82) is 0 Å². The van der Waals surface area contributed by atoms with Gasteiger partial charge in [0.1, 0.15) is 42.7 Å². The third kappa shape index (κ3) is 6.85. The van der Waals surface area contributed by atoms with Gasteiger partial charge in [0.25, 0.3) is 0 Å². The number of carbonyl (C=O) groups is 1. The molecule has 3 saturated heterocycles. The first-order chi connectivity index (χ1) is 20.5. The van der Waals surface area contributed by atoms with E-state index in [0.717, 1.165) is 6.08 Å². The summed E-state index contributed by atoms with van der Waals surface area (Å²) in [4.78, 5) is 12.8. The van der Waals surface area contributed by atoms with E-state index in [4.69, 9.17) is 28.4 Å². The number of fused-ring (bicyclic) bond motifs is 1. The predicted molar refractivity (Wildman–Crippen MR) is 140 cm³/mol. The average Bonchev–Trinajstić information content (AvgIpc) is 2.99. The maximum absolute atomic E-state index is 12.8. The Morgan fingerprint density at radius 2 is 1.56 bits per heavy atom. The number of esters is 1. The molecule has 5 rings (SSSR count). The third-order valence-electron chi connectivity index (χ3n) is 7.26. The van der Waals surface area contributed by atoms with Gasteiger partial charge in [0.2, 0.25) is 0 Å². The van der Waals surface area contributed by atoms with Gasteiger partial charge in [-0.05, 0) is 41.5 Å². The molecule has 10 atom stereocenters. The molecular formula is C28H32O15. The van der Waals surface area contributed by atoms with Crippen molar-refractivity contribution in [3.8, 4) is 23.0 Å². The molecule has 0 saturated carbocycles. The van der Waals surface area contributed by atoms with Crippen LogP contribution in [0.25, 0.3) is 6.08 Å². The Morgan fingerprint density at radius 1 is 0.837 bits per heavy atom. The van der Waals surface area contributed by atoms with Gasteiger partial charge in [0.15, 0.2) is 41.7 Å². The molecule has 3 heterocycles. The van der Waals surface area contributed by atoms with Crippen LogP contribution in [0, 0.1) is 0 Å². The molecule has 3 aliphatic heterocycles. The summed E-state index contributed by atoms with van der Waals surface area (Å²) in [5.74, 6) is -2.38. The van der Waals surface area contributed by atoms with Crippen molar-refractivity contribution in [2.45, 2.75) is 61.4 Å². The third-order valence-corrected chi connectivity index (χ3v) is 7.26. The van der Waals surface area contributed by atoms with E-state index in [2.05, 4.69) is 0 Å². The van der Waals surface area contributed by atoms with Crippen molar-refractivity contribution in [2.75, 3.05) is 19.8 Å². The first-order valence-corrected chi connectivity index (χ1v) is 13.3. The molecule has 0 spiro atoms. The zero-order valence-corrected chi connectivity index (χ0v) is 22.4. The number of benzene rings is 2. The summed E-state index contributed by atoms with van der Waals surface area (Å²) in [6, 6.07) is 7.93. The number of phenols is 4. The minimum Gasteiger partial charge on any atom is -0.504 e. The molecule has 15 nitrogen and oxygen atoms in total. The molecule has 234 valence electrons. The average molecular weight is 609 g/mol. The van der Waals surface area contributed by atoms with Gasteiger partial charge in [-0.3, -0.25) is 0 Å². The van der Waals surface area contributed by atoms with Gasteiger partial charge in [0, 0.05) is 6.08 Å². The summed E-state index contributed by atoms with van der Waals surface area (Å²) in [5, 5.41) is 79.9. The topological polar surface area (TPSA) is 234 Å². The number of carbonyl (C=O) groups excluding carboxylic acids is 1. The van der Waals surface area contributed by atoms with Gasteiger partial charge < -0.3 is 69.3 Å². The first kappa shape index (κ1) is 30.9. The molecule has 0 unspecified atom stereocenters. The Morgan fingerprint density at radius 3 is 2.28 bits per heavy atom. The Kier molecular flexibility index (Phi) is 9.36. The highest BCUT2D eigenvalue weighted by molar-refractivity contribution is 5.87. The van der Waals surface area contributed by atoms with Crippen molar-refractivity contribution in [2.24, 2.45) is 0 Å². The highest BCUT2D eigenvalue weighted by Gasteiger charge is 2.52. The van der Waals surface area contributed by atoms with Gasteiger partial charge in [-0.2, -0.15) is 0 Å². The normalized spacial score (nSPS) is 34.5. The number of rotatable bonds is 7. The van der Waals surface area contributed by atoms with E-state index in [1.807, 2.05) is 0 Å². The van der Waals surface area contributed by atoms with Crippen molar-refractivity contribution in [1.82, 2.24) is 0 Å². The van der Waals surface area contributed by atoms with Crippen LogP contribution in [0.3, 0.4) is 0 Å². The second kappa shape index (κ2) is 13.0. The van der Waals surface area contributed by atoms with Crippen LogP contribution in [-0.2, 0) is 33.2 Å². The van der Waals surface area contributed by atoms with Crippen LogP contribution in [0.5, 0.6) is 23.0 Å². The van der Waals surface area contributed by atoms with E-state index in [0.29, 0.717) is 11.1 Å². The summed E-state index contributed by atoms with van der Waals surface area (Å²) < 4.78 is 34.1. The van der Waals surface area contributed by atoms with E-state index >= 15 is 0 Å². The summed E-state index contributed by atoms with van der Waals surface area (Å²) >= 11 is 0. The van der Waals surface area contributed by atoms with Crippen LogP contribution in [0.4, 0.5) is 0 Å². The zero-order chi connectivity index (χ0) is 30.8. The summed E-state index contributed by atoms with van der Waals surface area (Å²) in [5.41, 5.74) is 0.796. The molecule has 15 heteroatoms. The molecular weight excluding hydrogens is 576 g/mol. The number of aromatic hydroxyl groups is 4. The molecule has 0 aromatic heterocycles. The number of hydrogen-bond donors (Lipinski definition) is 8. The molecule has 8 N–H and O–H groups in total. The Labute approximate surface area is 244 Å². The number of aliphatic hydroxyl groups is 4. The van der Waals surface area contributed by atoms with E-state index < -0.39 is 79.7 Å².